The molecule has 1 N–H and O–H groups in total. The van der Waals surface area contributed by atoms with Crippen molar-refractivity contribution in [3.05, 3.63) is 0 Å². The highest BCUT2D eigenvalue weighted by atomic mass is 31.2. The molecule has 0 spiro atoms. The minimum Gasteiger partial charge on any atom is -0.453 e. The second-order valence-corrected chi connectivity index (χ2v) is 5.07. The number of methoxy groups -OCH3 is 1. The fourth-order valence-electron chi connectivity index (χ4n) is 1.06. The highest BCUT2D eigenvalue weighted by Gasteiger charge is 2.55. The van der Waals surface area contributed by atoms with E-state index in [1.165, 1.54) is 19.2 Å². The van der Waals surface area contributed by atoms with Crippen molar-refractivity contribution >= 4 is 13.7 Å². The van der Waals surface area contributed by atoms with Crippen LogP contribution in [0.3, 0.4) is 0 Å². The highest BCUT2D eigenvalue weighted by Crippen LogP contribution is 2.56. The number of nitrogens with one attached hydrogen (secondary N) is 1. The van der Waals surface area contributed by atoms with Gasteiger partial charge in [-0.2, -0.15) is 13.2 Å². The molecule has 0 aromatic carbocycles. The third-order valence-corrected chi connectivity index (χ3v) is 3.97. The average Bonchev–Trinajstić information content (AvgIpc) is 2.24. The van der Waals surface area contributed by atoms with Crippen molar-refractivity contribution in [2.24, 2.45) is 0 Å². The predicted molar refractivity (Wildman–Crippen MR) is 56.2 cm³/mol. The zero-order valence-corrected chi connectivity index (χ0v) is 11.0. The number of carbonyl (C=O) groups is 1. The summed E-state index contributed by atoms with van der Waals surface area (Å²) < 4.78 is 63.4. The van der Waals surface area contributed by atoms with Gasteiger partial charge in [0.2, 0.25) is 5.78 Å². The minimum absolute atomic E-state index is 0.257. The Bertz CT molecular complexity index is 312. The molecule has 1 amide bonds. The maximum absolute atomic E-state index is 12.8. The lowest BCUT2D eigenvalue weighted by molar-refractivity contribution is -0.140. The first-order valence-corrected chi connectivity index (χ1v) is 6.62. The molecule has 0 aliphatic carbocycles. The standard InChI is InChI=1S/C8H15F3NO5P/c1-4-16-18(14,17-5-2)6(8(9,10)11)12-7(13)15-3/h6H,4-5H2,1-3H3,(H,12,13)/t6-/m0/s1. The molecule has 0 bridgehead atoms. The molecule has 0 aliphatic heterocycles. The number of rotatable bonds is 6. The van der Waals surface area contributed by atoms with Crippen LogP contribution in [-0.4, -0.2) is 38.4 Å². The quantitative estimate of drug-likeness (QED) is 0.762. The number of alkyl halides is 3. The van der Waals surface area contributed by atoms with E-state index < -0.39 is 25.6 Å². The monoisotopic (exact) mass is 293 g/mol. The van der Waals surface area contributed by atoms with Crippen molar-refractivity contribution in [3.63, 3.8) is 0 Å². The zero-order valence-electron chi connectivity index (χ0n) is 10.1. The van der Waals surface area contributed by atoms with E-state index in [-0.39, 0.29) is 13.2 Å². The predicted octanol–water partition coefficient (Wildman–Crippen LogP) is 2.50. The van der Waals surface area contributed by atoms with E-state index >= 15 is 0 Å². The van der Waals surface area contributed by atoms with Crippen molar-refractivity contribution in [2.45, 2.75) is 25.8 Å². The Hall–Kier alpha value is -0.790. The summed E-state index contributed by atoms with van der Waals surface area (Å²) in [6.07, 6.45) is -6.37. The van der Waals surface area contributed by atoms with E-state index in [1.54, 1.807) is 0 Å². The minimum atomic E-state index is -4.99. The maximum atomic E-state index is 12.8. The molecule has 18 heavy (non-hydrogen) atoms. The maximum Gasteiger partial charge on any atom is 0.420 e. The molecular formula is C8H15F3NO5P. The number of hydrogen-bond donors (Lipinski definition) is 1. The van der Waals surface area contributed by atoms with Crippen LogP contribution < -0.4 is 5.32 Å². The molecule has 1 atom stereocenters. The van der Waals surface area contributed by atoms with Gasteiger partial charge in [0.05, 0.1) is 20.3 Å². The van der Waals surface area contributed by atoms with Crippen LogP contribution in [0.4, 0.5) is 18.0 Å². The smallest absolute Gasteiger partial charge is 0.420 e. The van der Waals surface area contributed by atoms with Crippen LogP contribution in [0.1, 0.15) is 13.8 Å². The van der Waals surface area contributed by atoms with Gasteiger partial charge in [-0.05, 0) is 13.8 Å². The second kappa shape index (κ2) is 6.96. The molecule has 0 aromatic rings. The molecule has 0 rings (SSSR count). The molecule has 10 heteroatoms. The van der Waals surface area contributed by atoms with Crippen LogP contribution in [-0.2, 0) is 18.3 Å². The molecule has 0 saturated carbocycles. The molecule has 108 valence electrons. The topological polar surface area (TPSA) is 73.9 Å². The van der Waals surface area contributed by atoms with Crippen molar-refractivity contribution in [1.29, 1.82) is 0 Å². The number of carbonyl (C=O) groups excluding carboxylic acids is 1. The van der Waals surface area contributed by atoms with Crippen LogP contribution >= 0.6 is 7.60 Å². The molecule has 6 nitrogen and oxygen atoms in total. The molecule has 0 fully saturated rings. The summed E-state index contributed by atoms with van der Waals surface area (Å²) in [4.78, 5) is 10.9. The Balaban J connectivity index is 5.24. The van der Waals surface area contributed by atoms with Crippen molar-refractivity contribution in [3.8, 4) is 0 Å². The molecule has 0 radical (unpaired) electrons. The summed E-state index contributed by atoms with van der Waals surface area (Å²) in [6, 6.07) is 0. The Labute approximate surface area is 102 Å². The first-order valence-electron chi connectivity index (χ1n) is 5.01. The van der Waals surface area contributed by atoms with Crippen LogP contribution in [0, 0.1) is 0 Å². The van der Waals surface area contributed by atoms with E-state index in [0.29, 0.717) is 0 Å². The molecule has 0 aromatic heterocycles. The Kier molecular flexibility index (Phi) is 6.66. The fraction of sp³-hybridized carbons (Fsp3) is 0.875. The van der Waals surface area contributed by atoms with E-state index in [2.05, 4.69) is 13.8 Å². The van der Waals surface area contributed by atoms with Crippen LogP contribution in [0.5, 0.6) is 0 Å². The lowest BCUT2D eigenvalue weighted by Gasteiger charge is -2.27. The van der Waals surface area contributed by atoms with Crippen molar-refractivity contribution in [1.82, 2.24) is 5.32 Å². The van der Waals surface area contributed by atoms with Gasteiger partial charge in [0.25, 0.3) is 0 Å². The molecular weight excluding hydrogens is 278 g/mol. The van der Waals surface area contributed by atoms with E-state index in [4.69, 9.17) is 0 Å². The third kappa shape index (κ3) is 4.83. The Morgan fingerprint density at radius 2 is 1.72 bits per heavy atom. The lowest BCUT2D eigenvalue weighted by atomic mass is 10.6. The van der Waals surface area contributed by atoms with Gasteiger partial charge in [-0.15, -0.1) is 0 Å². The Morgan fingerprint density at radius 1 is 1.28 bits per heavy atom. The SMILES string of the molecule is CCOP(=O)(OCC)[C@H](NC(=O)OC)C(F)(F)F. The van der Waals surface area contributed by atoms with Gasteiger partial charge >= 0.3 is 19.9 Å². The molecule has 0 aliphatic rings. The van der Waals surface area contributed by atoms with Crippen LogP contribution in [0.25, 0.3) is 0 Å². The van der Waals surface area contributed by atoms with Crippen molar-refractivity contribution < 1.29 is 36.3 Å². The molecule has 0 saturated heterocycles. The first kappa shape index (κ1) is 17.2. The summed E-state index contributed by atoms with van der Waals surface area (Å²) in [6.45, 7) is 2.20. The molecule has 0 unspecified atom stereocenters. The number of alkyl carbamates (subject to hydrolysis) is 1. The number of amides is 1. The molecule has 0 heterocycles. The van der Waals surface area contributed by atoms with Gasteiger partial charge in [0.1, 0.15) is 0 Å². The number of hydrogen-bond acceptors (Lipinski definition) is 5. The normalized spacial score (nSPS) is 14.1. The van der Waals surface area contributed by atoms with Gasteiger partial charge in [-0.25, -0.2) is 4.79 Å². The second-order valence-electron chi connectivity index (χ2n) is 2.96. The number of ether oxygens (including phenoxy) is 1. The first-order chi connectivity index (χ1) is 8.21. The van der Waals surface area contributed by atoms with E-state index in [1.807, 2.05) is 0 Å². The van der Waals surface area contributed by atoms with Gasteiger partial charge in [0, 0.05) is 0 Å². The van der Waals surface area contributed by atoms with E-state index in [0.717, 1.165) is 7.11 Å². The fourth-order valence-corrected chi connectivity index (χ4v) is 2.77. The summed E-state index contributed by atoms with van der Waals surface area (Å²) in [5.74, 6) is -2.77. The van der Waals surface area contributed by atoms with Crippen LogP contribution in [0.15, 0.2) is 0 Å². The summed E-state index contributed by atoms with van der Waals surface area (Å²) >= 11 is 0. The largest absolute Gasteiger partial charge is 0.453 e. The number of halogens is 3. The highest BCUT2D eigenvalue weighted by molar-refractivity contribution is 7.54. The summed E-state index contributed by atoms with van der Waals surface area (Å²) in [5.41, 5.74) is 0. The van der Waals surface area contributed by atoms with Gasteiger partial charge in [0.15, 0.2) is 0 Å². The average molecular weight is 293 g/mol. The third-order valence-electron chi connectivity index (χ3n) is 1.68. The Morgan fingerprint density at radius 3 is 2.00 bits per heavy atom. The summed E-state index contributed by atoms with van der Waals surface area (Å²) in [5, 5.41) is 1.42. The van der Waals surface area contributed by atoms with Crippen LogP contribution in [0.2, 0.25) is 0 Å². The van der Waals surface area contributed by atoms with Gasteiger partial charge in [-0.3, -0.25) is 9.88 Å². The van der Waals surface area contributed by atoms with Gasteiger partial charge in [-0.1, -0.05) is 0 Å². The van der Waals surface area contributed by atoms with Crippen molar-refractivity contribution in [2.75, 3.05) is 20.3 Å². The zero-order chi connectivity index (χ0) is 14.4. The van der Waals surface area contributed by atoms with E-state index in [9.17, 15) is 22.5 Å². The lowest BCUT2D eigenvalue weighted by Crippen LogP contribution is -2.45. The summed E-state index contributed by atoms with van der Waals surface area (Å²) in [7, 11) is -3.67. The van der Waals surface area contributed by atoms with Gasteiger partial charge < -0.3 is 13.8 Å².